The van der Waals surface area contributed by atoms with Crippen molar-refractivity contribution in [1.82, 2.24) is 10.2 Å². The van der Waals surface area contributed by atoms with E-state index in [1.54, 1.807) is 20.3 Å². The summed E-state index contributed by atoms with van der Waals surface area (Å²) < 4.78 is 10.6. The Labute approximate surface area is 163 Å². The van der Waals surface area contributed by atoms with Gasteiger partial charge in [-0.15, -0.1) is 0 Å². The number of nitrogens with one attached hydrogen (secondary N) is 2. The van der Waals surface area contributed by atoms with Gasteiger partial charge in [-0.1, -0.05) is 36.0 Å². The van der Waals surface area contributed by atoms with E-state index in [9.17, 15) is 0 Å². The van der Waals surface area contributed by atoms with Crippen LogP contribution in [0.3, 0.4) is 0 Å². The van der Waals surface area contributed by atoms with Crippen LogP contribution in [-0.2, 0) is 6.54 Å². The minimum atomic E-state index is 0.184. The van der Waals surface area contributed by atoms with Gasteiger partial charge in [-0.3, -0.25) is 5.10 Å². The lowest BCUT2D eigenvalue weighted by Gasteiger charge is -2.27. The molecule has 142 valence electrons. The van der Waals surface area contributed by atoms with Crippen molar-refractivity contribution in [2.45, 2.75) is 44.2 Å². The van der Waals surface area contributed by atoms with Gasteiger partial charge in [0.15, 0.2) is 0 Å². The summed E-state index contributed by atoms with van der Waals surface area (Å²) in [6.45, 7) is 0.395. The molecule has 0 bridgehead atoms. The Morgan fingerprint density at radius 1 is 1.15 bits per heavy atom. The van der Waals surface area contributed by atoms with Crippen molar-refractivity contribution in [3.8, 4) is 11.5 Å². The first-order valence-corrected chi connectivity index (χ1v) is 9.44. The molecular formula is C18H24Cl2N4O2. The van der Waals surface area contributed by atoms with E-state index in [2.05, 4.69) is 15.5 Å². The molecule has 1 saturated carbocycles. The molecule has 0 unspecified atom stereocenters. The average Bonchev–Trinajstić information content (AvgIpc) is 3.11. The molecule has 4 N–H and O–H groups in total. The summed E-state index contributed by atoms with van der Waals surface area (Å²) in [6.07, 6.45) is 4.55. The third-order valence-corrected chi connectivity index (χ3v) is 5.76. The van der Waals surface area contributed by atoms with Gasteiger partial charge in [0.2, 0.25) is 0 Å². The summed E-state index contributed by atoms with van der Waals surface area (Å²) in [6, 6.07) is 3.86. The van der Waals surface area contributed by atoms with Gasteiger partial charge >= 0.3 is 0 Å². The highest BCUT2D eigenvalue weighted by Gasteiger charge is 2.25. The van der Waals surface area contributed by atoms with Crippen LogP contribution in [0.2, 0.25) is 10.0 Å². The van der Waals surface area contributed by atoms with E-state index in [-0.39, 0.29) is 6.04 Å². The van der Waals surface area contributed by atoms with Gasteiger partial charge in [0.25, 0.3) is 0 Å². The summed E-state index contributed by atoms with van der Waals surface area (Å²) in [5.74, 6) is 2.09. The van der Waals surface area contributed by atoms with Crippen molar-refractivity contribution in [3.05, 3.63) is 33.4 Å². The zero-order valence-corrected chi connectivity index (χ0v) is 16.5. The summed E-state index contributed by atoms with van der Waals surface area (Å²) in [5.41, 5.74) is 8.03. The SMILES string of the molecule is COc1cc(OC)c(Cl)c(CNc2cc([C@@H]3CCCC[C@H]3N)[nH]n2)c1Cl. The predicted octanol–water partition coefficient (Wildman–Crippen LogP) is 4.33. The number of hydrogen-bond donors (Lipinski definition) is 3. The molecule has 1 aliphatic rings. The number of ether oxygens (including phenoxy) is 2. The number of methoxy groups -OCH3 is 2. The molecule has 0 amide bonds. The fourth-order valence-corrected chi connectivity index (χ4v) is 4.07. The lowest BCUT2D eigenvalue weighted by atomic mass is 9.83. The van der Waals surface area contributed by atoms with Crippen LogP contribution in [0.15, 0.2) is 12.1 Å². The second-order valence-corrected chi connectivity index (χ2v) is 7.26. The minimum Gasteiger partial charge on any atom is -0.495 e. The minimum absolute atomic E-state index is 0.184. The van der Waals surface area contributed by atoms with Crippen LogP contribution in [0.4, 0.5) is 5.82 Å². The first-order chi connectivity index (χ1) is 12.5. The van der Waals surface area contributed by atoms with Crippen LogP contribution in [0.5, 0.6) is 11.5 Å². The Hall–Kier alpha value is -1.63. The lowest BCUT2D eigenvalue weighted by molar-refractivity contribution is 0.379. The summed E-state index contributed by atoms with van der Waals surface area (Å²) in [5, 5.41) is 11.6. The molecule has 8 heteroatoms. The van der Waals surface area contributed by atoms with Crippen LogP contribution < -0.4 is 20.5 Å². The standard InChI is InChI=1S/C18H24Cl2N4O2/c1-25-14-8-15(26-2)18(20)11(17(14)19)9-22-16-7-13(23-24-16)10-5-3-4-6-12(10)21/h7-8,10,12H,3-6,9,21H2,1-2H3,(H2,22,23,24)/t10-,12-/m1/s1. The molecule has 0 spiro atoms. The number of nitrogens with zero attached hydrogens (tertiary/aromatic N) is 1. The quantitative estimate of drug-likeness (QED) is 0.673. The Morgan fingerprint density at radius 2 is 1.81 bits per heavy atom. The largest absolute Gasteiger partial charge is 0.495 e. The Bertz CT molecular complexity index is 738. The van der Waals surface area contributed by atoms with Crippen LogP contribution in [0, 0.1) is 0 Å². The number of nitrogens with two attached hydrogens (primary N) is 1. The van der Waals surface area contributed by atoms with Crippen LogP contribution in [0.1, 0.15) is 42.9 Å². The molecule has 0 radical (unpaired) electrons. The second kappa shape index (κ2) is 8.37. The Balaban J connectivity index is 1.75. The topological polar surface area (TPSA) is 85.2 Å². The molecule has 2 atom stereocenters. The predicted molar refractivity (Wildman–Crippen MR) is 105 cm³/mol. The molecule has 1 aromatic heterocycles. The monoisotopic (exact) mass is 398 g/mol. The number of hydrogen-bond acceptors (Lipinski definition) is 5. The summed E-state index contributed by atoms with van der Waals surface area (Å²) >= 11 is 12.8. The van der Waals surface area contributed by atoms with Gasteiger partial charge < -0.3 is 20.5 Å². The smallest absolute Gasteiger partial charge is 0.148 e. The zero-order valence-electron chi connectivity index (χ0n) is 14.9. The molecule has 26 heavy (non-hydrogen) atoms. The zero-order chi connectivity index (χ0) is 18.7. The molecule has 0 aliphatic heterocycles. The third-order valence-electron chi connectivity index (χ3n) is 4.93. The fourth-order valence-electron chi connectivity index (χ4n) is 3.43. The Kier molecular flexibility index (Phi) is 6.16. The number of benzene rings is 1. The van der Waals surface area contributed by atoms with E-state index in [4.69, 9.17) is 38.4 Å². The normalized spacial score (nSPS) is 20.0. The van der Waals surface area contributed by atoms with Crippen molar-refractivity contribution in [2.24, 2.45) is 5.73 Å². The molecule has 0 saturated heterocycles. The fraction of sp³-hybridized carbons (Fsp3) is 0.500. The van der Waals surface area contributed by atoms with Gasteiger partial charge in [0.1, 0.15) is 17.3 Å². The first kappa shape index (κ1) is 19.1. The van der Waals surface area contributed by atoms with Crippen molar-refractivity contribution < 1.29 is 9.47 Å². The molecule has 1 heterocycles. The van der Waals surface area contributed by atoms with Crippen LogP contribution >= 0.6 is 23.2 Å². The molecule has 3 rings (SSSR count). The van der Waals surface area contributed by atoms with Gasteiger partial charge in [-0.2, -0.15) is 5.10 Å². The lowest BCUT2D eigenvalue weighted by Crippen LogP contribution is -2.31. The number of anilines is 1. The van der Waals surface area contributed by atoms with Gasteiger partial charge in [0.05, 0.1) is 24.3 Å². The number of aromatic amines is 1. The second-order valence-electron chi connectivity index (χ2n) is 6.50. The van der Waals surface area contributed by atoms with Crippen molar-refractivity contribution in [3.63, 3.8) is 0 Å². The maximum absolute atomic E-state index is 6.41. The van der Waals surface area contributed by atoms with E-state index in [0.717, 1.165) is 24.4 Å². The average molecular weight is 399 g/mol. The maximum atomic E-state index is 6.41. The van der Waals surface area contributed by atoms with Gasteiger partial charge in [-0.05, 0) is 12.8 Å². The van der Waals surface area contributed by atoms with E-state index >= 15 is 0 Å². The summed E-state index contributed by atoms with van der Waals surface area (Å²) in [4.78, 5) is 0. The number of H-pyrrole nitrogens is 1. The molecule has 1 aliphatic carbocycles. The van der Waals surface area contributed by atoms with E-state index in [1.165, 1.54) is 12.8 Å². The molecule has 6 nitrogen and oxygen atoms in total. The number of rotatable bonds is 6. The van der Waals surface area contributed by atoms with Crippen molar-refractivity contribution in [1.29, 1.82) is 0 Å². The summed E-state index contributed by atoms with van der Waals surface area (Å²) in [7, 11) is 3.11. The third kappa shape index (κ3) is 3.87. The maximum Gasteiger partial charge on any atom is 0.148 e. The number of aromatic nitrogens is 2. The van der Waals surface area contributed by atoms with Crippen LogP contribution in [-0.4, -0.2) is 30.5 Å². The molecule has 1 aromatic carbocycles. The first-order valence-electron chi connectivity index (χ1n) is 8.68. The van der Waals surface area contributed by atoms with Crippen molar-refractivity contribution in [2.75, 3.05) is 19.5 Å². The highest BCUT2D eigenvalue weighted by molar-refractivity contribution is 6.37. The molecule has 2 aromatic rings. The number of halogens is 2. The van der Waals surface area contributed by atoms with Crippen molar-refractivity contribution >= 4 is 29.0 Å². The molecular weight excluding hydrogens is 375 g/mol. The van der Waals surface area contributed by atoms with E-state index in [1.807, 2.05) is 6.07 Å². The van der Waals surface area contributed by atoms with E-state index in [0.29, 0.717) is 39.6 Å². The van der Waals surface area contributed by atoms with E-state index < -0.39 is 0 Å². The highest BCUT2D eigenvalue weighted by atomic mass is 35.5. The van der Waals surface area contributed by atoms with Crippen LogP contribution in [0.25, 0.3) is 0 Å². The highest BCUT2D eigenvalue weighted by Crippen LogP contribution is 2.40. The van der Waals surface area contributed by atoms with Gasteiger partial charge in [-0.25, -0.2) is 0 Å². The van der Waals surface area contributed by atoms with Gasteiger partial charge in [0, 0.05) is 41.9 Å². The Morgan fingerprint density at radius 3 is 2.42 bits per heavy atom. The molecule has 1 fully saturated rings.